The van der Waals surface area contributed by atoms with Crippen molar-refractivity contribution in [1.29, 1.82) is 5.26 Å². The van der Waals surface area contributed by atoms with E-state index in [2.05, 4.69) is 13.2 Å². The zero-order valence-corrected chi connectivity index (χ0v) is 6.59. The molecule has 0 spiro atoms. The van der Waals surface area contributed by atoms with Crippen LogP contribution in [-0.2, 0) is 0 Å². The average Bonchev–Trinajstić information content (AvgIpc) is 2.04. The number of allylic oxidation sites excluding steroid dienone is 4. The van der Waals surface area contributed by atoms with Crippen LogP contribution in [0.3, 0.4) is 0 Å². The monoisotopic (exact) mass is 135 g/mol. The molecule has 0 amide bonds. The highest BCUT2D eigenvalue weighted by Gasteiger charge is 1.74. The van der Waals surface area contributed by atoms with Crippen molar-refractivity contribution < 1.29 is 0 Å². The van der Waals surface area contributed by atoms with Gasteiger partial charge < -0.3 is 0 Å². The van der Waals surface area contributed by atoms with Crippen LogP contribution in [0.4, 0.5) is 0 Å². The summed E-state index contributed by atoms with van der Waals surface area (Å²) in [6.07, 6.45) is 4.88. The third-order valence-corrected chi connectivity index (χ3v) is 0.577. The molecule has 0 saturated heterocycles. The van der Waals surface area contributed by atoms with Gasteiger partial charge in [0.2, 0.25) is 0 Å². The molecular weight excluding hydrogens is 122 g/mol. The third kappa shape index (κ3) is 9.86. The van der Waals surface area contributed by atoms with E-state index in [0.717, 1.165) is 0 Å². The van der Waals surface area contributed by atoms with Gasteiger partial charge >= 0.3 is 0 Å². The normalized spacial score (nSPS) is 7.30. The lowest BCUT2D eigenvalue weighted by Gasteiger charge is -1.74. The standard InChI is InChI=1S/C7H7N.C2H6/c1-3-4-5-7(2)6-8;1-2/h3-5H,1-2H2;1-2H3/b5-4-;. The van der Waals surface area contributed by atoms with Crippen LogP contribution in [0.1, 0.15) is 13.8 Å². The molecule has 0 fully saturated rings. The van der Waals surface area contributed by atoms with Gasteiger partial charge in [-0.3, -0.25) is 0 Å². The van der Waals surface area contributed by atoms with Gasteiger partial charge in [0.1, 0.15) is 0 Å². The van der Waals surface area contributed by atoms with E-state index in [4.69, 9.17) is 5.26 Å². The molecule has 1 heteroatoms. The van der Waals surface area contributed by atoms with Gasteiger partial charge in [-0.2, -0.15) is 5.26 Å². The molecule has 0 heterocycles. The minimum atomic E-state index is 0.449. The van der Waals surface area contributed by atoms with Crippen molar-refractivity contribution in [2.24, 2.45) is 0 Å². The first-order valence-electron chi connectivity index (χ1n) is 3.19. The van der Waals surface area contributed by atoms with Crippen LogP contribution in [0.25, 0.3) is 0 Å². The molecule has 0 unspecified atom stereocenters. The van der Waals surface area contributed by atoms with Crippen LogP contribution in [0.15, 0.2) is 37.0 Å². The van der Waals surface area contributed by atoms with Gasteiger partial charge in [-0.05, 0) is 6.08 Å². The largest absolute Gasteiger partial charge is 0.192 e. The summed E-state index contributed by atoms with van der Waals surface area (Å²) in [4.78, 5) is 0. The van der Waals surface area contributed by atoms with E-state index in [1.54, 1.807) is 18.2 Å². The first-order valence-corrected chi connectivity index (χ1v) is 3.19. The topological polar surface area (TPSA) is 23.8 Å². The Labute approximate surface area is 63.0 Å². The number of hydrogen-bond donors (Lipinski definition) is 0. The van der Waals surface area contributed by atoms with Crippen LogP contribution in [-0.4, -0.2) is 0 Å². The summed E-state index contributed by atoms with van der Waals surface area (Å²) in [5.74, 6) is 0. The Hall–Kier alpha value is -1.29. The Morgan fingerprint density at radius 2 is 2.00 bits per heavy atom. The van der Waals surface area contributed by atoms with E-state index < -0.39 is 0 Å². The minimum absolute atomic E-state index is 0.449. The van der Waals surface area contributed by atoms with Crippen molar-refractivity contribution in [1.82, 2.24) is 0 Å². The molecule has 0 aromatic heterocycles. The van der Waals surface area contributed by atoms with Crippen molar-refractivity contribution in [3.8, 4) is 6.07 Å². The lowest BCUT2D eigenvalue weighted by atomic mass is 10.3. The molecule has 0 aromatic rings. The first-order chi connectivity index (χ1) is 4.81. The maximum absolute atomic E-state index is 8.13. The van der Waals surface area contributed by atoms with Crippen LogP contribution < -0.4 is 0 Å². The lowest BCUT2D eigenvalue weighted by Crippen LogP contribution is -1.61. The molecule has 0 bridgehead atoms. The van der Waals surface area contributed by atoms with Crippen LogP contribution in [0.2, 0.25) is 0 Å². The molecule has 0 aromatic carbocycles. The predicted octanol–water partition coefficient (Wildman–Crippen LogP) is 2.83. The van der Waals surface area contributed by atoms with Crippen molar-refractivity contribution in [2.75, 3.05) is 0 Å². The lowest BCUT2D eigenvalue weighted by molar-refractivity contribution is 1.50. The zero-order valence-electron chi connectivity index (χ0n) is 6.59. The van der Waals surface area contributed by atoms with E-state index in [9.17, 15) is 0 Å². The first kappa shape index (κ1) is 11.5. The fourth-order valence-electron chi connectivity index (χ4n) is 0.221. The van der Waals surface area contributed by atoms with Crippen LogP contribution >= 0.6 is 0 Å². The fourth-order valence-corrected chi connectivity index (χ4v) is 0.221. The summed E-state index contributed by atoms with van der Waals surface area (Å²) in [5, 5.41) is 8.13. The number of rotatable bonds is 2. The van der Waals surface area contributed by atoms with Crippen LogP contribution in [0, 0.1) is 11.3 Å². The summed E-state index contributed by atoms with van der Waals surface area (Å²) < 4.78 is 0. The molecule has 54 valence electrons. The number of hydrogen-bond acceptors (Lipinski definition) is 1. The van der Waals surface area contributed by atoms with Gasteiger partial charge in [-0.15, -0.1) is 0 Å². The van der Waals surface area contributed by atoms with Crippen molar-refractivity contribution in [2.45, 2.75) is 13.8 Å². The molecular formula is C9H13N. The SMILES string of the molecule is C=C/C=C\C(=C)C#N.CC. The van der Waals surface area contributed by atoms with Gasteiger partial charge in [-0.25, -0.2) is 0 Å². The predicted molar refractivity (Wildman–Crippen MR) is 45.4 cm³/mol. The van der Waals surface area contributed by atoms with Gasteiger partial charge in [0.15, 0.2) is 0 Å². The van der Waals surface area contributed by atoms with Gasteiger partial charge in [0, 0.05) is 5.57 Å². The Kier molecular flexibility index (Phi) is 12.2. The highest BCUT2D eigenvalue weighted by Crippen LogP contribution is 1.87. The second-order valence-electron chi connectivity index (χ2n) is 1.23. The summed E-state index contributed by atoms with van der Waals surface area (Å²) in [6, 6.07) is 1.87. The molecule has 0 saturated carbocycles. The Balaban J connectivity index is 0. The highest BCUT2D eigenvalue weighted by molar-refractivity contribution is 5.30. The van der Waals surface area contributed by atoms with E-state index in [-0.39, 0.29) is 0 Å². The second-order valence-corrected chi connectivity index (χ2v) is 1.23. The zero-order chi connectivity index (χ0) is 8.41. The fraction of sp³-hybridized carbons (Fsp3) is 0.222. The van der Waals surface area contributed by atoms with Crippen LogP contribution in [0.5, 0.6) is 0 Å². The van der Waals surface area contributed by atoms with E-state index in [0.29, 0.717) is 5.57 Å². The molecule has 0 aliphatic carbocycles. The van der Waals surface area contributed by atoms with Gasteiger partial charge in [-0.1, -0.05) is 39.2 Å². The molecule has 1 nitrogen and oxygen atoms in total. The molecule has 0 N–H and O–H groups in total. The molecule has 0 aliphatic rings. The summed E-state index contributed by atoms with van der Waals surface area (Å²) >= 11 is 0. The minimum Gasteiger partial charge on any atom is -0.192 e. The summed E-state index contributed by atoms with van der Waals surface area (Å²) in [6.45, 7) is 10.8. The number of nitriles is 1. The highest BCUT2D eigenvalue weighted by atomic mass is 14.2. The maximum Gasteiger partial charge on any atom is 0.0985 e. The Bertz CT molecular complexity index is 158. The second kappa shape index (κ2) is 10.6. The third-order valence-electron chi connectivity index (χ3n) is 0.577. The van der Waals surface area contributed by atoms with E-state index in [1.165, 1.54) is 0 Å². The van der Waals surface area contributed by atoms with Gasteiger partial charge in [0.25, 0.3) is 0 Å². The molecule has 0 radical (unpaired) electrons. The van der Waals surface area contributed by atoms with Crippen molar-refractivity contribution >= 4 is 0 Å². The Morgan fingerprint density at radius 3 is 2.30 bits per heavy atom. The van der Waals surface area contributed by atoms with Crippen molar-refractivity contribution in [3.63, 3.8) is 0 Å². The molecule has 0 aliphatic heterocycles. The smallest absolute Gasteiger partial charge is 0.0985 e. The van der Waals surface area contributed by atoms with E-state index >= 15 is 0 Å². The number of nitrogens with zero attached hydrogens (tertiary/aromatic N) is 1. The van der Waals surface area contributed by atoms with Crippen molar-refractivity contribution in [3.05, 3.63) is 37.0 Å². The Morgan fingerprint density at radius 1 is 1.50 bits per heavy atom. The maximum atomic E-state index is 8.13. The molecule has 10 heavy (non-hydrogen) atoms. The quantitative estimate of drug-likeness (QED) is 0.422. The molecule has 0 rings (SSSR count). The van der Waals surface area contributed by atoms with E-state index in [1.807, 2.05) is 19.9 Å². The summed E-state index contributed by atoms with van der Waals surface area (Å²) in [5.41, 5.74) is 0.449. The van der Waals surface area contributed by atoms with Gasteiger partial charge in [0.05, 0.1) is 6.07 Å². The summed E-state index contributed by atoms with van der Waals surface area (Å²) in [7, 11) is 0. The average molecular weight is 135 g/mol. The molecule has 0 atom stereocenters.